The summed E-state index contributed by atoms with van der Waals surface area (Å²) in [6.07, 6.45) is 5.95. The number of H-pyrrole nitrogens is 1. The highest BCUT2D eigenvalue weighted by molar-refractivity contribution is 7.86. The van der Waals surface area contributed by atoms with E-state index in [4.69, 9.17) is 4.74 Å². The van der Waals surface area contributed by atoms with Crippen molar-refractivity contribution in [3.8, 4) is 10.7 Å². The molecule has 3 heterocycles. The first-order valence-corrected chi connectivity index (χ1v) is 13.6. The molecule has 3 aromatic rings. The van der Waals surface area contributed by atoms with Crippen LogP contribution < -0.4 is 0 Å². The second-order valence-electron chi connectivity index (χ2n) is 9.10. The third-order valence-corrected chi connectivity index (χ3v) is 9.57. The summed E-state index contributed by atoms with van der Waals surface area (Å²) in [5.41, 5.74) is 2.28. The molecule has 2 aliphatic rings. The molecule has 1 aliphatic heterocycles. The molecule has 5 rings (SSSR count). The van der Waals surface area contributed by atoms with Crippen LogP contribution in [-0.2, 0) is 15.5 Å². The van der Waals surface area contributed by atoms with Gasteiger partial charge >= 0.3 is 0 Å². The van der Waals surface area contributed by atoms with Crippen molar-refractivity contribution in [1.82, 2.24) is 9.97 Å². The largest absolute Gasteiger partial charge is 0.388 e. The van der Waals surface area contributed by atoms with E-state index < -0.39 is 16.9 Å². The van der Waals surface area contributed by atoms with Crippen LogP contribution in [0.1, 0.15) is 67.2 Å². The van der Waals surface area contributed by atoms with E-state index in [0.29, 0.717) is 26.7 Å². The summed E-state index contributed by atoms with van der Waals surface area (Å²) in [6.45, 7) is 3.21. The number of ether oxygens (including phenoxy) is 1. The molecule has 1 saturated heterocycles. The van der Waals surface area contributed by atoms with E-state index in [1.54, 1.807) is 19.2 Å². The van der Waals surface area contributed by atoms with Crippen LogP contribution in [0, 0.1) is 11.7 Å². The minimum absolute atomic E-state index is 0.00374. The molecule has 0 radical (unpaired) electrons. The fourth-order valence-electron chi connectivity index (χ4n) is 4.45. The zero-order valence-corrected chi connectivity index (χ0v) is 20.3. The number of nitrogens with zero attached hydrogens (tertiary/aromatic N) is 1. The van der Waals surface area contributed by atoms with Gasteiger partial charge in [-0.2, -0.15) is 0 Å². The predicted molar refractivity (Wildman–Crippen MR) is 128 cm³/mol. The molecule has 33 heavy (non-hydrogen) atoms. The SMILES string of the molecule is CC(O)c1cnc(-c2[nH]c(C(CC3CCOCC3)c3ccc(S(=O)C4CC4)cc3)cc2F)s1. The highest BCUT2D eigenvalue weighted by atomic mass is 32.2. The fraction of sp³-hybridized carbons (Fsp3) is 0.480. The molecule has 3 atom stereocenters. The van der Waals surface area contributed by atoms with Crippen LogP contribution in [0.4, 0.5) is 4.39 Å². The molecule has 1 aliphatic carbocycles. The lowest BCUT2D eigenvalue weighted by atomic mass is 9.83. The minimum Gasteiger partial charge on any atom is -0.388 e. The quantitative estimate of drug-likeness (QED) is 0.436. The van der Waals surface area contributed by atoms with Gasteiger partial charge in [-0.15, -0.1) is 11.3 Å². The lowest BCUT2D eigenvalue weighted by Crippen LogP contribution is -2.18. The topological polar surface area (TPSA) is 75.2 Å². The third kappa shape index (κ3) is 5.14. The number of rotatable bonds is 8. The number of hydrogen-bond donors (Lipinski definition) is 2. The van der Waals surface area contributed by atoms with E-state index in [9.17, 15) is 9.32 Å². The smallest absolute Gasteiger partial charge is 0.151 e. The summed E-state index contributed by atoms with van der Waals surface area (Å²) in [5, 5.41) is 10.7. The molecule has 2 fully saturated rings. The number of benzene rings is 1. The van der Waals surface area contributed by atoms with Gasteiger partial charge in [0.15, 0.2) is 5.82 Å². The van der Waals surface area contributed by atoms with E-state index in [-0.39, 0.29) is 11.7 Å². The maximum atomic E-state index is 15.0. The van der Waals surface area contributed by atoms with Crippen LogP contribution >= 0.6 is 11.3 Å². The van der Waals surface area contributed by atoms with Crippen LogP contribution in [0.25, 0.3) is 10.7 Å². The van der Waals surface area contributed by atoms with E-state index in [1.807, 2.05) is 24.3 Å². The highest BCUT2D eigenvalue weighted by Gasteiger charge is 2.30. The highest BCUT2D eigenvalue weighted by Crippen LogP contribution is 2.38. The predicted octanol–water partition coefficient (Wildman–Crippen LogP) is 5.55. The standard InChI is InChI=1S/C25H29FN2O3S2/c1-15(29)23-14-27-25(32-23)24-21(26)13-22(28-24)20(12-16-8-10-31-11-9-16)17-2-4-18(5-3-17)33(30)19-6-7-19/h2-5,13-16,19-20,28-29H,6-12H2,1H3. The molecule has 1 aromatic carbocycles. The van der Waals surface area contributed by atoms with Gasteiger partial charge in [0.25, 0.3) is 0 Å². The van der Waals surface area contributed by atoms with Gasteiger partial charge in [-0.1, -0.05) is 12.1 Å². The summed E-state index contributed by atoms with van der Waals surface area (Å²) >= 11 is 1.30. The van der Waals surface area contributed by atoms with Crippen molar-refractivity contribution in [2.24, 2.45) is 5.92 Å². The van der Waals surface area contributed by atoms with Crippen molar-refractivity contribution < 1.29 is 18.4 Å². The van der Waals surface area contributed by atoms with Gasteiger partial charge in [0.1, 0.15) is 10.7 Å². The van der Waals surface area contributed by atoms with E-state index in [2.05, 4.69) is 9.97 Å². The summed E-state index contributed by atoms with van der Waals surface area (Å²) in [4.78, 5) is 9.20. The van der Waals surface area contributed by atoms with Crippen molar-refractivity contribution in [3.05, 3.63) is 58.5 Å². The van der Waals surface area contributed by atoms with Gasteiger partial charge in [-0.05, 0) is 68.7 Å². The Bertz CT molecular complexity index is 1120. The second kappa shape index (κ2) is 9.78. The van der Waals surface area contributed by atoms with Crippen molar-refractivity contribution >= 4 is 22.1 Å². The number of thiazole rings is 1. The molecule has 2 aromatic heterocycles. The monoisotopic (exact) mass is 488 g/mol. The average molecular weight is 489 g/mol. The first kappa shape index (κ1) is 22.9. The summed E-state index contributed by atoms with van der Waals surface area (Å²) < 4.78 is 33.1. The van der Waals surface area contributed by atoms with Crippen molar-refractivity contribution in [1.29, 1.82) is 0 Å². The van der Waals surface area contributed by atoms with Gasteiger partial charge in [-0.3, -0.25) is 4.21 Å². The number of aliphatic hydroxyl groups is 1. The molecule has 1 saturated carbocycles. The number of nitrogens with one attached hydrogen (secondary N) is 1. The van der Waals surface area contributed by atoms with Crippen LogP contribution in [-0.4, -0.2) is 37.7 Å². The first-order valence-electron chi connectivity index (χ1n) is 11.6. The van der Waals surface area contributed by atoms with Gasteiger partial charge in [-0.25, -0.2) is 9.37 Å². The van der Waals surface area contributed by atoms with Crippen LogP contribution in [0.2, 0.25) is 0 Å². The van der Waals surface area contributed by atoms with E-state index in [1.165, 1.54) is 11.3 Å². The molecule has 176 valence electrons. The summed E-state index contributed by atoms with van der Waals surface area (Å²) in [7, 11) is -0.934. The maximum Gasteiger partial charge on any atom is 0.151 e. The number of aromatic nitrogens is 2. The first-order chi connectivity index (χ1) is 16.0. The molecular weight excluding hydrogens is 459 g/mol. The fourth-order valence-corrected chi connectivity index (χ4v) is 6.66. The van der Waals surface area contributed by atoms with Crippen LogP contribution in [0.5, 0.6) is 0 Å². The molecule has 0 amide bonds. The van der Waals surface area contributed by atoms with Gasteiger partial charge in [0.2, 0.25) is 0 Å². The molecular formula is C25H29FN2O3S2. The van der Waals surface area contributed by atoms with E-state index >= 15 is 4.39 Å². The maximum absolute atomic E-state index is 15.0. The Kier molecular flexibility index (Phi) is 6.79. The number of aromatic amines is 1. The van der Waals surface area contributed by atoms with Gasteiger partial charge < -0.3 is 14.8 Å². The molecule has 8 heteroatoms. The Balaban J connectivity index is 1.45. The zero-order chi connectivity index (χ0) is 22.9. The summed E-state index contributed by atoms with van der Waals surface area (Å²) in [6, 6.07) is 9.62. The number of halogens is 1. The Morgan fingerprint density at radius 1 is 1.24 bits per heavy atom. The summed E-state index contributed by atoms with van der Waals surface area (Å²) in [5.74, 6) is 0.163. The Morgan fingerprint density at radius 2 is 1.97 bits per heavy atom. The zero-order valence-electron chi connectivity index (χ0n) is 18.6. The van der Waals surface area contributed by atoms with Gasteiger partial charge in [0.05, 0.1) is 21.8 Å². The molecule has 0 bridgehead atoms. The third-order valence-electron chi connectivity index (χ3n) is 6.57. The number of aliphatic hydroxyl groups excluding tert-OH is 1. The van der Waals surface area contributed by atoms with Crippen molar-refractivity contribution in [3.63, 3.8) is 0 Å². The Hall–Kier alpha value is -1.87. The van der Waals surface area contributed by atoms with E-state index in [0.717, 1.165) is 61.5 Å². The van der Waals surface area contributed by atoms with Crippen LogP contribution in [0.15, 0.2) is 41.4 Å². The van der Waals surface area contributed by atoms with Gasteiger partial charge in [0, 0.05) is 41.2 Å². The van der Waals surface area contributed by atoms with Crippen LogP contribution in [0.3, 0.4) is 0 Å². The lowest BCUT2D eigenvalue weighted by Gasteiger charge is -2.26. The molecule has 0 spiro atoms. The Morgan fingerprint density at radius 3 is 2.61 bits per heavy atom. The Labute approximate surface area is 199 Å². The second-order valence-corrected chi connectivity index (χ2v) is 11.9. The number of hydrogen-bond acceptors (Lipinski definition) is 5. The minimum atomic E-state index is -0.934. The normalized spacial score (nSPS) is 20.0. The molecule has 3 unspecified atom stereocenters. The van der Waals surface area contributed by atoms with Crippen molar-refractivity contribution in [2.75, 3.05) is 13.2 Å². The average Bonchev–Trinajstić information content (AvgIpc) is 3.43. The lowest BCUT2D eigenvalue weighted by molar-refractivity contribution is 0.0626. The molecule has 5 nitrogen and oxygen atoms in total. The molecule has 2 N–H and O–H groups in total. The van der Waals surface area contributed by atoms with Crippen molar-refractivity contribution in [2.45, 2.75) is 61.2 Å².